The highest BCUT2D eigenvalue weighted by Crippen LogP contribution is 2.36. The Morgan fingerprint density at radius 3 is 2.26 bits per heavy atom. The number of methoxy groups -OCH3 is 1. The monoisotopic (exact) mass is 462 g/mol. The second-order valence-corrected chi connectivity index (χ2v) is 9.19. The molecule has 1 aromatic heterocycles. The molecule has 0 fully saturated rings. The van der Waals surface area contributed by atoms with Crippen LogP contribution in [-0.2, 0) is 19.6 Å². The zero-order valence-corrected chi connectivity index (χ0v) is 18.8. The van der Waals surface area contributed by atoms with Crippen LogP contribution in [0, 0.1) is 0 Å². The summed E-state index contributed by atoms with van der Waals surface area (Å²) in [5.74, 6) is 0.0479. The summed E-state index contributed by atoms with van der Waals surface area (Å²) >= 11 is 1.22. The third kappa shape index (κ3) is 5.30. The third-order valence-corrected chi connectivity index (χ3v) is 6.58. The molecular weight excluding hydrogens is 440 g/mol. The van der Waals surface area contributed by atoms with Crippen LogP contribution >= 0.6 is 11.3 Å². The summed E-state index contributed by atoms with van der Waals surface area (Å²) < 4.78 is 34.2. The lowest BCUT2D eigenvalue weighted by Gasteiger charge is -2.11. The summed E-state index contributed by atoms with van der Waals surface area (Å²) in [4.78, 5) is 27.5. The molecule has 3 N–H and O–H groups in total. The average Bonchev–Trinajstić information content (AvgIpc) is 3.15. The van der Waals surface area contributed by atoms with E-state index in [1.165, 1.54) is 48.8 Å². The summed E-state index contributed by atoms with van der Waals surface area (Å²) in [5.41, 5.74) is 1.34. The summed E-state index contributed by atoms with van der Waals surface area (Å²) in [5, 5.41) is 5.77. The van der Waals surface area contributed by atoms with Crippen LogP contribution in [0.15, 0.2) is 41.3 Å². The van der Waals surface area contributed by atoms with Crippen molar-refractivity contribution >= 4 is 59.9 Å². The van der Waals surface area contributed by atoms with Gasteiger partial charge in [0, 0.05) is 24.6 Å². The number of anilines is 3. The number of nitrogens with zero attached hydrogens (tertiary/aromatic N) is 1. The van der Waals surface area contributed by atoms with Gasteiger partial charge in [-0.05, 0) is 30.3 Å². The van der Waals surface area contributed by atoms with Crippen molar-refractivity contribution in [3.8, 4) is 5.75 Å². The zero-order chi connectivity index (χ0) is 22.6. The Morgan fingerprint density at radius 1 is 1.00 bits per heavy atom. The molecule has 0 aliphatic carbocycles. The van der Waals surface area contributed by atoms with E-state index in [0.717, 1.165) is 0 Å². The van der Waals surface area contributed by atoms with E-state index in [4.69, 9.17) is 4.74 Å². The molecule has 164 valence electrons. The first-order chi connectivity index (χ1) is 14.7. The van der Waals surface area contributed by atoms with Crippen molar-refractivity contribution in [3.05, 3.63) is 36.4 Å². The number of thiazole rings is 1. The highest BCUT2D eigenvalue weighted by molar-refractivity contribution is 7.92. The summed E-state index contributed by atoms with van der Waals surface area (Å²) in [7, 11) is -2.42. The molecule has 3 aromatic rings. The quantitative estimate of drug-likeness (QED) is 0.467. The third-order valence-electron chi connectivity index (χ3n) is 4.27. The highest BCUT2D eigenvalue weighted by atomic mass is 32.2. The molecule has 0 atom stereocenters. The van der Waals surface area contributed by atoms with E-state index in [2.05, 4.69) is 20.3 Å². The second-order valence-electron chi connectivity index (χ2n) is 6.48. The molecule has 9 nitrogen and oxygen atoms in total. The van der Waals surface area contributed by atoms with Gasteiger partial charge >= 0.3 is 0 Å². The molecule has 3 rings (SSSR count). The van der Waals surface area contributed by atoms with Crippen LogP contribution in [0.25, 0.3) is 10.2 Å². The number of fused-ring (bicyclic) bond motifs is 1. The number of nitrogens with one attached hydrogen (secondary N) is 3. The minimum Gasteiger partial charge on any atom is -0.494 e. The first-order valence-electron chi connectivity index (χ1n) is 9.47. The Balaban J connectivity index is 1.87. The Morgan fingerprint density at radius 2 is 1.65 bits per heavy atom. The molecule has 0 saturated carbocycles. The fraction of sp³-hybridized carbons (Fsp3) is 0.250. The standard InChI is InChI=1S/C20H22N4O5S2/c1-4-17(25)21-12-6-8-14(9-7-12)31(27,28)24-13-10-15(29-3)19-16(11-13)30-20(23-19)22-18(26)5-2/h6-11,24H,4-5H2,1-3H3,(H,21,25)(H,22,23,26). The number of carbonyl (C=O) groups is 2. The lowest BCUT2D eigenvalue weighted by atomic mass is 10.3. The van der Waals surface area contributed by atoms with E-state index in [-0.39, 0.29) is 16.7 Å². The van der Waals surface area contributed by atoms with E-state index >= 15 is 0 Å². The van der Waals surface area contributed by atoms with Gasteiger partial charge in [0.05, 0.1) is 22.4 Å². The number of aromatic nitrogens is 1. The number of carbonyl (C=O) groups excluding carboxylic acids is 2. The number of ether oxygens (including phenoxy) is 1. The van der Waals surface area contributed by atoms with Crippen molar-refractivity contribution in [1.82, 2.24) is 4.98 Å². The zero-order valence-electron chi connectivity index (χ0n) is 17.2. The Hall–Kier alpha value is -3.18. The van der Waals surface area contributed by atoms with E-state index in [9.17, 15) is 18.0 Å². The fourth-order valence-corrected chi connectivity index (χ4v) is 4.63. The molecule has 0 aliphatic heterocycles. The van der Waals surface area contributed by atoms with Crippen LogP contribution in [0.2, 0.25) is 0 Å². The van der Waals surface area contributed by atoms with Crippen molar-refractivity contribution in [2.75, 3.05) is 22.5 Å². The van der Waals surface area contributed by atoms with Gasteiger partial charge in [0.25, 0.3) is 10.0 Å². The Kier molecular flexibility index (Phi) is 6.76. The number of hydrogen-bond acceptors (Lipinski definition) is 7. The number of sulfonamides is 1. The largest absolute Gasteiger partial charge is 0.494 e. The molecular formula is C20H22N4O5S2. The van der Waals surface area contributed by atoms with Gasteiger partial charge in [0.1, 0.15) is 11.3 Å². The van der Waals surface area contributed by atoms with Crippen molar-refractivity contribution in [1.29, 1.82) is 0 Å². The number of amides is 2. The molecule has 11 heteroatoms. The first kappa shape index (κ1) is 22.5. The van der Waals surface area contributed by atoms with Crippen LogP contribution in [0.1, 0.15) is 26.7 Å². The van der Waals surface area contributed by atoms with E-state index in [0.29, 0.717) is 45.3 Å². The summed E-state index contributed by atoms with van der Waals surface area (Å²) in [6.07, 6.45) is 0.645. The minimum absolute atomic E-state index is 0.0428. The lowest BCUT2D eigenvalue weighted by Crippen LogP contribution is -2.13. The molecule has 0 unspecified atom stereocenters. The van der Waals surface area contributed by atoms with Crippen LogP contribution in [0.3, 0.4) is 0 Å². The normalized spacial score (nSPS) is 11.2. The Labute approximate surface area is 183 Å². The van der Waals surface area contributed by atoms with Gasteiger partial charge in [-0.15, -0.1) is 0 Å². The predicted octanol–water partition coefficient (Wildman–Crippen LogP) is 3.80. The number of rotatable bonds is 8. The summed E-state index contributed by atoms with van der Waals surface area (Å²) in [6.45, 7) is 3.47. The average molecular weight is 463 g/mol. The van der Waals surface area contributed by atoms with Gasteiger partial charge < -0.3 is 15.4 Å². The molecule has 31 heavy (non-hydrogen) atoms. The van der Waals surface area contributed by atoms with E-state index in [1.54, 1.807) is 19.9 Å². The molecule has 1 heterocycles. The van der Waals surface area contributed by atoms with Gasteiger partial charge in [-0.1, -0.05) is 25.2 Å². The maximum Gasteiger partial charge on any atom is 0.261 e. The van der Waals surface area contributed by atoms with Crippen molar-refractivity contribution < 1.29 is 22.7 Å². The van der Waals surface area contributed by atoms with Gasteiger partial charge in [-0.25, -0.2) is 13.4 Å². The molecule has 0 saturated heterocycles. The number of hydrogen-bond donors (Lipinski definition) is 3. The fourth-order valence-electron chi connectivity index (χ4n) is 2.66. The predicted molar refractivity (Wildman–Crippen MR) is 121 cm³/mol. The van der Waals surface area contributed by atoms with Crippen molar-refractivity contribution in [3.63, 3.8) is 0 Å². The molecule has 2 amide bonds. The smallest absolute Gasteiger partial charge is 0.261 e. The molecule has 0 spiro atoms. The van der Waals surface area contributed by atoms with Crippen molar-refractivity contribution in [2.24, 2.45) is 0 Å². The van der Waals surface area contributed by atoms with Crippen LogP contribution in [-0.4, -0.2) is 32.3 Å². The SMILES string of the molecule is CCC(=O)Nc1ccc(S(=O)(=O)Nc2cc(OC)c3nc(NC(=O)CC)sc3c2)cc1. The van der Waals surface area contributed by atoms with E-state index in [1.807, 2.05) is 0 Å². The maximum atomic E-state index is 12.8. The second kappa shape index (κ2) is 9.31. The van der Waals surface area contributed by atoms with Gasteiger partial charge in [0.15, 0.2) is 5.13 Å². The lowest BCUT2D eigenvalue weighted by molar-refractivity contribution is -0.116. The van der Waals surface area contributed by atoms with Gasteiger partial charge in [0.2, 0.25) is 11.8 Å². The van der Waals surface area contributed by atoms with Crippen LogP contribution in [0.4, 0.5) is 16.5 Å². The maximum absolute atomic E-state index is 12.8. The molecule has 0 aliphatic rings. The number of benzene rings is 2. The molecule has 0 bridgehead atoms. The van der Waals surface area contributed by atoms with Gasteiger partial charge in [-0.3, -0.25) is 14.3 Å². The summed E-state index contributed by atoms with van der Waals surface area (Å²) in [6, 6.07) is 9.03. The molecule has 0 radical (unpaired) electrons. The molecule has 2 aromatic carbocycles. The van der Waals surface area contributed by atoms with Crippen LogP contribution in [0.5, 0.6) is 5.75 Å². The van der Waals surface area contributed by atoms with E-state index < -0.39 is 10.0 Å². The van der Waals surface area contributed by atoms with Crippen LogP contribution < -0.4 is 20.1 Å². The highest BCUT2D eigenvalue weighted by Gasteiger charge is 2.18. The Bertz CT molecular complexity index is 1220. The van der Waals surface area contributed by atoms with Gasteiger partial charge in [-0.2, -0.15) is 0 Å². The topological polar surface area (TPSA) is 126 Å². The first-order valence-corrected chi connectivity index (χ1v) is 11.8. The minimum atomic E-state index is -3.88. The van der Waals surface area contributed by atoms with Crippen molar-refractivity contribution in [2.45, 2.75) is 31.6 Å².